The third kappa shape index (κ3) is 3.36. The van der Waals surface area contributed by atoms with Gasteiger partial charge in [0.15, 0.2) is 11.7 Å². The number of benzene rings is 1. The lowest BCUT2D eigenvalue weighted by Crippen LogP contribution is -2.13. The molecule has 6 heteroatoms. The van der Waals surface area contributed by atoms with Crippen molar-refractivity contribution >= 4 is 44.4 Å². The Balaban J connectivity index is 1.94. The lowest BCUT2D eigenvalue weighted by atomic mass is 10.3. The van der Waals surface area contributed by atoms with Crippen LogP contribution in [0.2, 0.25) is 0 Å². The fourth-order valence-corrected chi connectivity index (χ4v) is 2.19. The van der Waals surface area contributed by atoms with Gasteiger partial charge in [0.05, 0.1) is 16.1 Å². The second-order valence-corrected chi connectivity index (χ2v) is 4.47. The van der Waals surface area contributed by atoms with E-state index in [9.17, 15) is 4.79 Å². The van der Waals surface area contributed by atoms with Gasteiger partial charge in [-0.15, -0.1) is 11.6 Å². The van der Waals surface area contributed by atoms with Crippen molar-refractivity contribution in [2.24, 2.45) is 0 Å². The van der Waals surface area contributed by atoms with Crippen LogP contribution in [-0.4, -0.2) is 23.6 Å². The molecule has 0 saturated carbocycles. The first-order valence-electron chi connectivity index (χ1n) is 5.10. The molecule has 1 aromatic heterocycles. The molecule has 0 aliphatic carbocycles. The zero-order valence-corrected chi connectivity index (χ0v) is 10.8. The summed E-state index contributed by atoms with van der Waals surface area (Å²) in [6.07, 6.45) is -0.571. The normalized spacial score (nSPS) is 9.61. The van der Waals surface area contributed by atoms with E-state index in [0.717, 1.165) is 10.2 Å². The molecular formula is C12H9ClN2O2S. The fourth-order valence-electron chi connectivity index (χ4n) is 1.25. The lowest BCUT2D eigenvalue weighted by molar-refractivity contribution is 0.176. The quantitative estimate of drug-likeness (QED) is 0.679. The van der Waals surface area contributed by atoms with Gasteiger partial charge in [-0.25, -0.2) is 9.78 Å². The maximum absolute atomic E-state index is 11.4. The zero-order chi connectivity index (χ0) is 12.8. The Morgan fingerprint density at radius 3 is 3.06 bits per heavy atom. The first-order valence-corrected chi connectivity index (χ1v) is 6.46. The Hall–Kier alpha value is -1.77. The molecule has 1 heterocycles. The topological polar surface area (TPSA) is 51.2 Å². The number of nitrogens with zero attached hydrogens (tertiary/aromatic N) is 1. The van der Waals surface area contributed by atoms with Gasteiger partial charge in [-0.1, -0.05) is 35.3 Å². The summed E-state index contributed by atoms with van der Waals surface area (Å²) < 4.78 is 5.84. The smallest absolute Gasteiger partial charge is 0.414 e. The van der Waals surface area contributed by atoms with Crippen molar-refractivity contribution in [1.29, 1.82) is 0 Å². The van der Waals surface area contributed by atoms with Crippen LogP contribution in [0.5, 0.6) is 0 Å². The van der Waals surface area contributed by atoms with E-state index in [1.54, 1.807) is 0 Å². The minimum absolute atomic E-state index is 0.0173. The highest BCUT2D eigenvalue weighted by molar-refractivity contribution is 7.22. The molecule has 92 valence electrons. The molecule has 18 heavy (non-hydrogen) atoms. The van der Waals surface area contributed by atoms with Crippen molar-refractivity contribution < 1.29 is 9.53 Å². The number of hydrogen-bond donors (Lipinski definition) is 1. The lowest BCUT2D eigenvalue weighted by Gasteiger charge is -1.99. The number of carbonyl (C=O) groups is 1. The number of rotatable bonds is 2. The van der Waals surface area contributed by atoms with E-state index >= 15 is 0 Å². The van der Waals surface area contributed by atoms with Crippen LogP contribution < -0.4 is 5.32 Å². The third-order valence-corrected chi connectivity index (χ3v) is 3.06. The third-order valence-electron chi connectivity index (χ3n) is 1.97. The molecule has 0 unspecified atom stereocenters. The summed E-state index contributed by atoms with van der Waals surface area (Å²) in [6, 6.07) is 7.64. The number of amides is 1. The second-order valence-electron chi connectivity index (χ2n) is 3.18. The molecule has 0 spiro atoms. The van der Waals surface area contributed by atoms with Gasteiger partial charge in [0, 0.05) is 0 Å². The zero-order valence-electron chi connectivity index (χ0n) is 9.27. The molecule has 2 rings (SSSR count). The molecule has 0 bridgehead atoms. The number of hydrogen-bond acceptors (Lipinski definition) is 4. The van der Waals surface area contributed by atoms with E-state index in [2.05, 4.69) is 22.1 Å². The van der Waals surface area contributed by atoms with E-state index in [1.807, 2.05) is 24.3 Å². The highest BCUT2D eigenvalue weighted by Crippen LogP contribution is 2.25. The summed E-state index contributed by atoms with van der Waals surface area (Å²) >= 11 is 6.74. The van der Waals surface area contributed by atoms with Gasteiger partial charge < -0.3 is 4.74 Å². The first-order chi connectivity index (χ1) is 8.79. The van der Waals surface area contributed by atoms with Crippen LogP contribution in [-0.2, 0) is 4.74 Å². The standard InChI is InChI=1S/C12H9ClN2O2S/c13-7-3-4-8-17-12(16)15-11-14-9-5-1-2-6-10(9)18-11/h1-2,5-6H,7-8H2,(H,14,15,16). The highest BCUT2D eigenvalue weighted by Gasteiger charge is 2.07. The molecule has 1 N–H and O–H groups in total. The first kappa shape index (κ1) is 12.7. The van der Waals surface area contributed by atoms with Gasteiger partial charge in [0.25, 0.3) is 0 Å². The Kier molecular flexibility index (Phi) is 4.40. The Bertz CT molecular complexity index is 582. The average molecular weight is 281 g/mol. The molecule has 0 aliphatic rings. The number of thiazole rings is 1. The maximum Gasteiger partial charge on any atom is 0.414 e. The summed E-state index contributed by atoms with van der Waals surface area (Å²) in [6.45, 7) is 0.0173. The summed E-state index contributed by atoms with van der Waals surface area (Å²) in [5, 5.41) is 3.06. The minimum Gasteiger partial charge on any atom is -0.436 e. The summed E-state index contributed by atoms with van der Waals surface area (Å²) in [4.78, 5) is 15.6. The number of fused-ring (bicyclic) bond motifs is 1. The van der Waals surface area contributed by atoms with Gasteiger partial charge in [-0.2, -0.15) is 0 Å². The van der Waals surface area contributed by atoms with E-state index < -0.39 is 6.09 Å². The molecule has 0 fully saturated rings. The van der Waals surface area contributed by atoms with E-state index in [4.69, 9.17) is 16.3 Å². The van der Waals surface area contributed by atoms with E-state index in [0.29, 0.717) is 5.13 Å². The average Bonchev–Trinajstić information content (AvgIpc) is 2.76. The summed E-state index contributed by atoms with van der Waals surface area (Å²) in [7, 11) is 0. The van der Waals surface area contributed by atoms with Gasteiger partial charge >= 0.3 is 6.09 Å². The molecule has 2 aromatic rings. The van der Waals surface area contributed by atoms with Crippen molar-refractivity contribution in [3.05, 3.63) is 24.3 Å². The van der Waals surface area contributed by atoms with Crippen molar-refractivity contribution in [2.75, 3.05) is 17.8 Å². The van der Waals surface area contributed by atoms with E-state index in [1.165, 1.54) is 11.3 Å². The summed E-state index contributed by atoms with van der Waals surface area (Å²) in [5.74, 6) is 5.41. The summed E-state index contributed by atoms with van der Waals surface area (Å²) in [5.41, 5.74) is 0.847. The molecule has 0 saturated heterocycles. The number of alkyl halides is 1. The van der Waals surface area contributed by atoms with Crippen LogP contribution in [0.4, 0.5) is 9.93 Å². The predicted molar refractivity (Wildman–Crippen MR) is 73.1 cm³/mol. The fraction of sp³-hybridized carbons (Fsp3) is 0.167. The number of anilines is 1. The number of aromatic nitrogens is 1. The van der Waals surface area contributed by atoms with Gasteiger partial charge in [0.2, 0.25) is 0 Å². The van der Waals surface area contributed by atoms with Crippen molar-refractivity contribution in [1.82, 2.24) is 4.98 Å². The van der Waals surface area contributed by atoms with Crippen LogP contribution in [0.3, 0.4) is 0 Å². The van der Waals surface area contributed by atoms with Crippen molar-refractivity contribution in [3.63, 3.8) is 0 Å². The Morgan fingerprint density at radius 1 is 1.44 bits per heavy atom. The molecule has 1 amide bonds. The molecular weight excluding hydrogens is 272 g/mol. The van der Waals surface area contributed by atoms with Gasteiger partial charge in [0.1, 0.15) is 0 Å². The van der Waals surface area contributed by atoms with Gasteiger partial charge in [-0.05, 0) is 12.1 Å². The van der Waals surface area contributed by atoms with Gasteiger partial charge in [-0.3, -0.25) is 5.32 Å². The Labute approximate surface area is 113 Å². The molecule has 4 nitrogen and oxygen atoms in total. The van der Waals surface area contributed by atoms with Crippen LogP contribution in [0.1, 0.15) is 0 Å². The number of ether oxygens (including phenoxy) is 1. The Morgan fingerprint density at radius 2 is 2.28 bits per heavy atom. The number of nitrogens with one attached hydrogen (secondary N) is 1. The molecule has 0 aliphatic heterocycles. The predicted octanol–water partition coefficient (Wildman–Crippen LogP) is 3.09. The van der Waals surface area contributed by atoms with Crippen LogP contribution in [0.15, 0.2) is 24.3 Å². The van der Waals surface area contributed by atoms with E-state index in [-0.39, 0.29) is 12.5 Å². The molecule has 1 aromatic carbocycles. The highest BCUT2D eigenvalue weighted by atomic mass is 35.5. The van der Waals surface area contributed by atoms with Crippen LogP contribution in [0, 0.1) is 11.8 Å². The minimum atomic E-state index is -0.571. The number of para-hydroxylation sites is 1. The second kappa shape index (κ2) is 6.24. The van der Waals surface area contributed by atoms with Crippen molar-refractivity contribution in [3.8, 4) is 11.8 Å². The number of carbonyl (C=O) groups excluding carboxylic acids is 1. The van der Waals surface area contributed by atoms with Crippen molar-refractivity contribution in [2.45, 2.75) is 0 Å². The maximum atomic E-state index is 11.4. The number of halogens is 1. The van der Waals surface area contributed by atoms with Crippen LogP contribution >= 0.6 is 22.9 Å². The molecule has 0 atom stereocenters. The molecule has 0 radical (unpaired) electrons. The monoisotopic (exact) mass is 280 g/mol. The van der Waals surface area contributed by atoms with Crippen LogP contribution in [0.25, 0.3) is 10.2 Å². The largest absolute Gasteiger partial charge is 0.436 e. The SMILES string of the molecule is O=C(Nc1nc2ccccc2s1)OCC#CCCl.